The van der Waals surface area contributed by atoms with Gasteiger partial charge in [0.05, 0.1) is 0 Å². The predicted octanol–water partition coefficient (Wildman–Crippen LogP) is 1.71. The van der Waals surface area contributed by atoms with Crippen molar-refractivity contribution in [1.82, 2.24) is 0 Å². The van der Waals surface area contributed by atoms with E-state index in [0.717, 1.165) is 0 Å². The topological polar surface area (TPSA) is 82.1 Å². The fourth-order valence-electron chi connectivity index (χ4n) is 2.07. The van der Waals surface area contributed by atoms with Crippen molar-refractivity contribution in [1.29, 1.82) is 0 Å². The van der Waals surface area contributed by atoms with Gasteiger partial charge < -0.3 is 19.3 Å². The number of alkyl halides is 5. The Hall–Kier alpha value is -1.75. The van der Waals surface area contributed by atoms with Crippen molar-refractivity contribution in [3.05, 3.63) is 12.2 Å². The second kappa shape index (κ2) is 5.96. The van der Waals surface area contributed by atoms with Crippen LogP contribution in [0.1, 0.15) is 20.8 Å². The lowest BCUT2D eigenvalue weighted by molar-refractivity contribution is -0.412. The molecule has 138 valence electrons. The third-order valence-electron chi connectivity index (χ3n) is 3.43. The fraction of sp³-hybridized carbons (Fsp3) is 0.692. The van der Waals surface area contributed by atoms with Gasteiger partial charge in [0.2, 0.25) is 5.60 Å². The molecule has 1 aliphatic heterocycles. The van der Waals surface area contributed by atoms with E-state index in [4.69, 9.17) is 0 Å². The maximum atomic E-state index is 14.3. The minimum Gasteiger partial charge on any atom is -0.459 e. The van der Waals surface area contributed by atoms with Crippen LogP contribution in [0.15, 0.2) is 12.2 Å². The van der Waals surface area contributed by atoms with Crippen LogP contribution >= 0.6 is 0 Å². The zero-order valence-electron chi connectivity index (χ0n) is 12.9. The molecule has 0 aliphatic carbocycles. The zero-order valence-corrected chi connectivity index (χ0v) is 12.9. The van der Waals surface area contributed by atoms with E-state index in [1.807, 2.05) is 0 Å². The first-order chi connectivity index (χ1) is 10.6. The molecule has 1 aliphatic rings. The molecule has 24 heavy (non-hydrogen) atoms. The van der Waals surface area contributed by atoms with Gasteiger partial charge in [-0.1, -0.05) is 6.58 Å². The van der Waals surface area contributed by atoms with Crippen LogP contribution in [0.5, 0.6) is 0 Å². The van der Waals surface area contributed by atoms with Crippen molar-refractivity contribution in [2.75, 3.05) is 6.61 Å². The van der Waals surface area contributed by atoms with Gasteiger partial charge >= 0.3 is 29.8 Å². The Morgan fingerprint density at radius 3 is 2.17 bits per heavy atom. The van der Waals surface area contributed by atoms with Crippen LogP contribution in [0.25, 0.3) is 0 Å². The quantitative estimate of drug-likeness (QED) is 0.466. The lowest BCUT2D eigenvalue weighted by Gasteiger charge is -2.36. The van der Waals surface area contributed by atoms with E-state index in [1.165, 1.54) is 6.92 Å². The van der Waals surface area contributed by atoms with Crippen LogP contribution in [-0.2, 0) is 23.8 Å². The molecule has 1 saturated heterocycles. The summed E-state index contributed by atoms with van der Waals surface area (Å²) in [6, 6.07) is 0. The first kappa shape index (κ1) is 20.3. The lowest BCUT2D eigenvalue weighted by atomic mass is 9.89. The van der Waals surface area contributed by atoms with Gasteiger partial charge in [0, 0.05) is 12.5 Å². The van der Waals surface area contributed by atoms with Crippen LogP contribution < -0.4 is 0 Å². The molecular formula is C13H15F5O6. The van der Waals surface area contributed by atoms with Gasteiger partial charge in [0.25, 0.3) is 0 Å². The second-order valence-electron chi connectivity index (χ2n) is 5.40. The number of hydrogen-bond donors (Lipinski definition) is 1. The second-order valence-corrected chi connectivity index (χ2v) is 5.40. The van der Waals surface area contributed by atoms with Gasteiger partial charge in [-0.15, -0.1) is 0 Å². The summed E-state index contributed by atoms with van der Waals surface area (Å²) in [5.74, 6) is -12.4. The van der Waals surface area contributed by atoms with Gasteiger partial charge in [-0.3, -0.25) is 4.79 Å². The Morgan fingerprint density at radius 1 is 1.29 bits per heavy atom. The molecule has 0 aromatic carbocycles. The summed E-state index contributed by atoms with van der Waals surface area (Å²) in [4.78, 5) is 22.3. The summed E-state index contributed by atoms with van der Waals surface area (Å²) in [5.41, 5.74) is -3.39. The number of carbonyl (C=O) groups is 2. The van der Waals surface area contributed by atoms with Gasteiger partial charge in [-0.25, -0.2) is 4.79 Å². The molecule has 0 aromatic heterocycles. The summed E-state index contributed by atoms with van der Waals surface area (Å²) in [7, 11) is 0. The van der Waals surface area contributed by atoms with E-state index in [1.54, 1.807) is 0 Å². The first-order valence-corrected chi connectivity index (χ1v) is 6.47. The van der Waals surface area contributed by atoms with Crippen molar-refractivity contribution in [2.45, 2.75) is 50.4 Å². The maximum absolute atomic E-state index is 14.3. The van der Waals surface area contributed by atoms with Crippen LogP contribution in [-0.4, -0.2) is 53.2 Å². The molecule has 0 spiro atoms. The third-order valence-corrected chi connectivity index (χ3v) is 3.43. The van der Waals surface area contributed by atoms with Gasteiger partial charge in [0.15, 0.2) is 0 Å². The SMILES string of the molecule is C=C(C)C(=O)OCC1OC(O)(C(F)(F)F)C(F)(F)C1(C)OC(C)=O. The zero-order chi connectivity index (χ0) is 19.1. The van der Waals surface area contributed by atoms with E-state index in [0.29, 0.717) is 13.8 Å². The van der Waals surface area contributed by atoms with Crippen molar-refractivity contribution in [2.24, 2.45) is 0 Å². The summed E-state index contributed by atoms with van der Waals surface area (Å²) in [5, 5.41) is 9.40. The van der Waals surface area contributed by atoms with E-state index in [2.05, 4.69) is 20.8 Å². The van der Waals surface area contributed by atoms with Crippen molar-refractivity contribution in [3.8, 4) is 0 Å². The number of aliphatic hydroxyl groups is 1. The molecule has 1 rings (SSSR count). The van der Waals surface area contributed by atoms with Crippen molar-refractivity contribution >= 4 is 11.9 Å². The minimum atomic E-state index is -5.91. The van der Waals surface area contributed by atoms with E-state index >= 15 is 0 Å². The Balaban J connectivity index is 3.28. The summed E-state index contributed by atoms with van der Waals surface area (Å²) in [6.07, 6.45) is -8.20. The predicted molar refractivity (Wildman–Crippen MR) is 66.8 cm³/mol. The average Bonchev–Trinajstić information content (AvgIpc) is 2.53. The van der Waals surface area contributed by atoms with Crippen molar-refractivity contribution < 1.29 is 50.9 Å². The molecule has 0 saturated carbocycles. The molecular weight excluding hydrogens is 347 g/mol. The number of halogens is 5. The number of esters is 2. The largest absolute Gasteiger partial charge is 0.459 e. The number of rotatable bonds is 4. The maximum Gasteiger partial charge on any atom is 0.449 e. The molecule has 1 heterocycles. The highest BCUT2D eigenvalue weighted by Crippen LogP contribution is 2.57. The Bertz CT molecular complexity index is 560. The highest BCUT2D eigenvalue weighted by molar-refractivity contribution is 5.86. The Labute approximate surface area is 133 Å². The third kappa shape index (κ3) is 2.97. The summed E-state index contributed by atoms with van der Waals surface area (Å²) < 4.78 is 80.2. The molecule has 0 amide bonds. The Morgan fingerprint density at radius 2 is 1.79 bits per heavy atom. The van der Waals surface area contributed by atoms with Crippen LogP contribution in [0, 0.1) is 0 Å². The molecule has 3 unspecified atom stereocenters. The van der Waals surface area contributed by atoms with E-state index in [9.17, 15) is 36.6 Å². The highest BCUT2D eigenvalue weighted by atomic mass is 19.4. The standard InChI is InChI=1S/C13H15F5O6/c1-6(2)9(20)22-5-8-10(4,23-7(3)19)11(14,15)12(21,24-8)13(16,17)18/h8,21H,1,5H2,2-4H3. The van der Waals surface area contributed by atoms with Gasteiger partial charge in [-0.2, -0.15) is 22.0 Å². The molecule has 3 atom stereocenters. The summed E-state index contributed by atoms with van der Waals surface area (Å²) in [6.45, 7) is 4.41. The summed E-state index contributed by atoms with van der Waals surface area (Å²) >= 11 is 0. The normalized spacial score (nSPS) is 32.3. The van der Waals surface area contributed by atoms with E-state index < -0.39 is 48.1 Å². The first-order valence-electron chi connectivity index (χ1n) is 6.47. The van der Waals surface area contributed by atoms with Crippen LogP contribution in [0.4, 0.5) is 22.0 Å². The smallest absolute Gasteiger partial charge is 0.449 e. The average molecular weight is 362 g/mol. The molecule has 6 nitrogen and oxygen atoms in total. The lowest BCUT2D eigenvalue weighted by Crippen LogP contribution is -2.64. The number of ether oxygens (including phenoxy) is 3. The number of carbonyl (C=O) groups excluding carboxylic acids is 2. The monoisotopic (exact) mass is 362 g/mol. The molecule has 1 fully saturated rings. The minimum absolute atomic E-state index is 0.153. The van der Waals surface area contributed by atoms with Gasteiger partial charge in [0.1, 0.15) is 12.7 Å². The molecule has 1 N–H and O–H groups in total. The molecule has 11 heteroatoms. The fourth-order valence-corrected chi connectivity index (χ4v) is 2.07. The molecule has 0 radical (unpaired) electrons. The Kier molecular flexibility index (Phi) is 5.04. The number of hydrogen-bond acceptors (Lipinski definition) is 6. The van der Waals surface area contributed by atoms with Crippen molar-refractivity contribution in [3.63, 3.8) is 0 Å². The van der Waals surface area contributed by atoms with Crippen LogP contribution in [0.2, 0.25) is 0 Å². The van der Waals surface area contributed by atoms with E-state index in [-0.39, 0.29) is 5.57 Å². The van der Waals surface area contributed by atoms with Gasteiger partial charge in [-0.05, 0) is 13.8 Å². The highest BCUT2D eigenvalue weighted by Gasteiger charge is 2.85. The molecule has 0 bridgehead atoms. The van der Waals surface area contributed by atoms with Crippen LogP contribution in [0.3, 0.4) is 0 Å². The molecule has 0 aromatic rings.